The van der Waals surface area contributed by atoms with E-state index in [1.54, 1.807) is 27.7 Å². The van der Waals surface area contributed by atoms with Crippen molar-refractivity contribution in [2.45, 2.75) is 27.7 Å². The number of carbonyl (C=O) groups is 6. The number of hydrogen-bond acceptors (Lipinski definition) is 12. The molecule has 0 heterocycles. The third-order valence-electron chi connectivity index (χ3n) is 8.09. The predicted octanol–water partition coefficient (Wildman–Crippen LogP) is 2.71. The van der Waals surface area contributed by atoms with Crippen molar-refractivity contribution in [1.29, 1.82) is 0 Å². The molecule has 4 rings (SSSR count). The topological polar surface area (TPSA) is 158 Å². The summed E-state index contributed by atoms with van der Waals surface area (Å²) in [4.78, 5) is 80.1. The summed E-state index contributed by atoms with van der Waals surface area (Å²) >= 11 is 0. The number of esters is 6. The predicted molar refractivity (Wildman–Crippen MR) is 153 cm³/mol. The highest BCUT2D eigenvalue weighted by molar-refractivity contribution is 6.11. The number of rotatable bonds is 6. The van der Waals surface area contributed by atoms with E-state index in [1.165, 1.54) is 13.2 Å². The Morgan fingerprint density at radius 1 is 0.568 bits per heavy atom. The van der Waals surface area contributed by atoms with Crippen molar-refractivity contribution in [1.82, 2.24) is 0 Å². The number of methoxy groups -OCH3 is 6. The molecular formula is C32H34O12. The minimum Gasteiger partial charge on any atom is -0.466 e. The average molecular weight is 611 g/mol. The summed E-state index contributed by atoms with van der Waals surface area (Å²) in [7, 11) is 6.73. The summed E-state index contributed by atoms with van der Waals surface area (Å²) in [6.45, 7) is 6.62. The molecule has 0 saturated carbocycles. The summed E-state index contributed by atoms with van der Waals surface area (Å²) in [6, 6.07) is 0. The van der Waals surface area contributed by atoms with Crippen LogP contribution < -0.4 is 0 Å². The second-order valence-corrected chi connectivity index (χ2v) is 10.2. The van der Waals surface area contributed by atoms with Gasteiger partial charge < -0.3 is 28.4 Å². The van der Waals surface area contributed by atoms with Crippen molar-refractivity contribution >= 4 is 35.8 Å². The van der Waals surface area contributed by atoms with Gasteiger partial charge in [-0.1, -0.05) is 11.1 Å². The van der Waals surface area contributed by atoms with Crippen molar-refractivity contribution < 1.29 is 57.2 Å². The first-order valence-electron chi connectivity index (χ1n) is 13.3. The Kier molecular flexibility index (Phi) is 9.67. The standard InChI is InChI=1S/C32H34O12/c1-14-13-19(28(35)41-7)17(26(33)39-5)11-12-18(27(34)40-6)21(29(36)42-8)24-16(3)20-15(2)23(14)32(24,4)25(31(38)44-10)22(20)30(37)43-9/h11-13,20H,1-10H3/b12-11+,14-13-,19-17-,21-18-. The Labute approximate surface area is 254 Å². The Balaban J connectivity index is 2.79. The maximum atomic E-state index is 13.7. The summed E-state index contributed by atoms with van der Waals surface area (Å²) in [6.07, 6.45) is 3.63. The van der Waals surface area contributed by atoms with E-state index in [4.69, 9.17) is 28.4 Å². The summed E-state index contributed by atoms with van der Waals surface area (Å²) in [5, 5.41) is 0. The smallest absolute Gasteiger partial charge is 0.339 e. The van der Waals surface area contributed by atoms with E-state index in [0.29, 0.717) is 22.3 Å². The minimum atomic E-state index is -1.67. The van der Waals surface area contributed by atoms with Gasteiger partial charge in [0.2, 0.25) is 0 Å². The number of hydrogen-bond donors (Lipinski definition) is 0. The van der Waals surface area contributed by atoms with Gasteiger partial charge in [-0.25, -0.2) is 28.8 Å². The van der Waals surface area contributed by atoms with Crippen LogP contribution in [-0.4, -0.2) is 78.5 Å². The van der Waals surface area contributed by atoms with Crippen LogP contribution in [0.15, 0.2) is 79.5 Å². The molecule has 0 N–H and O–H groups in total. The fraction of sp³-hybridized carbons (Fsp3) is 0.375. The van der Waals surface area contributed by atoms with Crippen LogP contribution in [0, 0.1) is 11.3 Å². The van der Waals surface area contributed by atoms with Crippen LogP contribution >= 0.6 is 0 Å². The molecule has 4 aliphatic carbocycles. The maximum Gasteiger partial charge on any atom is 0.339 e. The minimum absolute atomic E-state index is 0.00891. The molecule has 0 fully saturated rings. The quantitative estimate of drug-likeness (QED) is 0.320. The van der Waals surface area contributed by atoms with Gasteiger partial charge >= 0.3 is 35.8 Å². The Morgan fingerprint density at radius 3 is 1.50 bits per heavy atom. The van der Waals surface area contributed by atoms with Crippen molar-refractivity contribution in [3.63, 3.8) is 0 Å². The zero-order valence-corrected chi connectivity index (χ0v) is 26.2. The van der Waals surface area contributed by atoms with Crippen LogP contribution in [0.4, 0.5) is 0 Å². The molecule has 0 amide bonds. The van der Waals surface area contributed by atoms with E-state index in [2.05, 4.69) is 0 Å². The summed E-state index contributed by atoms with van der Waals surface area (Å²) in [5.74, 6) is -6.47. The van der Waals surface area contributed by atoms with Gasteiger partial charge in [0.05, 0.1) is 81.5 Å². The lowest BCUT2D eigenvalue weighted by Gasteiger charge is -2.50. The third-order valence-corrected chi connectivity index (χ3v) is 8.09. The van der Waals surface area contributed by atoms with Gasteiger partial charge in [0, 0.05) is 5.92 Å². The molecule has 44 heavy (non-hydrogen) atoms. The first-order valence-corrected chi connectivity index (χ1v) is 13.3. The van der Waals surface area contributed by atoms with E-state index in [-0.39, 0.29) is 39.0 Å². The van der Waals surface area contributed by atoms with Gasteiger partial charge in [-0.3, -0.25) is 0 Å². The van der Waals surface area contributed by atoms with Crippen molar-refractivity contribution in [3.05, 3.63) is 79.5 Å². The highest BCUT2D eigenvalue weighted by Crippen LogP contribution is 2.63. The fourth-order valence-electron chi connectivity index (χ4n) is 6.52. The molecule has 0 aromatic rings. The molecule has 4 bridgehead atoms. The van der Waals surface area contributed by atoms with Gasteiger partial charge in [0.15, 0.2) is 0 Å². The molecule has 4 aliphatic rings. The summed E-state index contributed by atoms with van der Waals surface area (Å²) < 4.78 is 30.3. The van der Waals surface area contributed by atoms with Crippen LogP contribution in [0.1, 0.15) is 27.7 Å². The average Bonchev–Trinajstić information content (AvgIpc) is 3.02. The molecule has 0 spiro atoms. The van der Waals surface area contributed by atoms with E-state index in [9.17, 15) is 28.8 Å². The molecule has 0 saturated heterocycles. The SMILES string of the molecule is COC(=O)C1=C(C(=O)OC)C2(C)C3=C(C)C1C(C)=C2\C(C(=O)OC)=C(C(=O)OC)/C=C/C(C(=O)OC)=C(C(=O)OC)\C=C/3C. The van der Waals surface area contributed by atoms with Crippen LogP contribution in [0.2, 0.25) is 0 Å². The molecule has 2 unspecified atom stereocenters. The van der Waals surface area contributed by atoms with Crippen LogP contribution in [0.25, 0.3) is 0 Å². The van der Waals surface area contributed by atoms with Crippen molar-refractivity contribution in [2.75, 3.05) is 42.7 Å². The molecule has 0 radical (unpaired) electrons. The first kappa shape index (κ1) is 33.5. The molecule has 0 aliphatic heterocycles. The van der Waals surface area contributed by atoms with E-state index >= 15 is 0 Å². The lowest BCUT2D eigenvalue weighted by atomic mass is 9.51. The van der Waals surface area contributed by atoms with E-state index < -0.39 is 47.1 Å². The zero-order valence-electron chi connectivity index (χ0n) is 26.2. The largest absolute Gasteiger partial charge is 0.466 e. The van der Waals surface area contributed by atoms with Gasteiger partial charge in [-0.05, 0) is 62.6 Å². The molecule has 234 valence electrons. The molecule has 12 nitrogen and oxygen atoms in total. The molecule has 12 heteroatoms. The lowest BCUT2D eigenvalue weighted by Crippen LogP contribution is -2.46. The van der Waals surface area contributed by atoms with E-state index in [1.807, 2.05) is 0 Å². The molecule has 0 aromatic heterocycles. The second kappa shape index (κ2) is 12.7. The second-order valence-electron chi connectivity index (χ2n) is 10.2. The molecule has 2 atom stereocenters. The van der Waals surface area contributed by atoms with Gasteiger partial charge in [-0.15, -0.1) is 0 Å². The zero-order chi connectivity index (χ0) is 33.3. The number of ether oxygens (including phenoxy) is 6. The van der Waals surface area contributed by atoms with Crippen molar-refractivity contribution in [2.24, 2.45) is 11.3 Å². The Hall–Kier alpha value is -5.00. The van der Waals surface area contributed by atoms with Gasteiger partial charge in [0.1, 0.15) is 0 Å². The van der Waals surface area contributed by atoms with Gasteiger partial charge in [0.25, 0.3) is 0 Å². The van der Waals surface area contributed by atoms with Crippen LogP contribution in [0.3, 0.4) is 0 Å². The maximum absolute atomic E-state index is 13.7. The molecule has 0 aromatic carbocycles. The van der Waals surface area contributed by atoms with E-state index in [0.717, 1.165) is 47.7 Å². The highest BCUT2D eigenvalue weighted by atomic mass is 16.5. The monoisotopic (exact) mass is 610 g/mol. The number of carbonyl (C=O) groups excluding carboxylic acids is 6. The highest BCUT2D eigenvalue weighted by Gasteiger charge is 2.58. The Bertz CT molecular complexity index is 1600. The van der Waals surface area contributed by atoms with Gasteiger partial charge in [-0.2, -0.15) is 0 Å². The first-order chi connectivity index (χ1) is 20.7. The molecular weight excluding hydrogens is 576 g/mol. The van der Waals surface area contributed by atoms with Crippen molar-refractivity contribution in [3.8, 4) is 0 Å². The summed E-state index contributed by atoms with van der Waals surface area (Å²) in [5.41, 5.74) is -1.07. The van der Waals surface area contributed by atoms with Crippen LogP contribution in [0.5, 0.6) is 0 Å². The number of allylic oxidation sites excluding steroid dienone is 4. The Morgan fingerprint density at radius 2 is 1.00 bits per heavy atom. The lowest BCUT2D eigenvalue weighted by molar-refractivity contribution is -0.140. The van der Waals surface area contributed by atoms with Crippen LogP contribution in [-0.2, 0) is 57.2 Å². The fourth-order valence-corrected chi connectivity index (χ4v) is 6.52. The third kappa shape index (κ3) is 4.99. The normalized spacial score (nSPS) is 26.6.